The van der Waals surface area contributed by atoms with Crippen molar-refractivity contribution in [1.29, 1.82) is 0 Å². The number of carbonyl (C=O) groups excluding carboxylic acids is 2. The van der Waals surface area contributed by atoms with E-state index in [0.29, 0.717) is 0 Å². The molecule has 0 aliphatic rings. The molecule has 0 heterocycles. The van der Waals surface area contributed by atoms with E-state index >= 15 is 0 Å². The van der Waals surface area contributed by atoms with Crippen molar-refractivity contribution in [2.45, 2.75) is 31.2 Å². The second-order valence-electron chi connectivity index (χ2n) is 6.31. The van der Waals surface area contributed by atoms with Crippen molar-refractivity contribution in [3.63, 3.8) is 0 Å². The third kappa shape index (κ3) is 5.38. The van der Waals surface area contributed by atoms with Crippen molar-refractivity contribution in [2.75, 3.05) is 7.05 Å². The van der Waals surface area contributed by atoms with Gasteiger partial charge in [-0.2, -0.15) is 4.31 Å². The Balaban J connectivity index is 2.04. The second kappa shape index (κ2) is 8.79. The lowest BCUT2D eigenvalue weighted by Crippen LogP contribution is -2.42. The van der Waals surface area contributed by atoms with Crippen LogP contribution in [0.25, 0.3) is 0 Å². The summed E-state index contributed by atoms with van der Waals surface area (Å²) in [7, 11) is -2.22. The number of benzene rings is 2. The molecule has 0 bridgehead atoms. The van der Waals surface area contributed by atoms with Crippen LogP contribution < -0.4 is 10.9 Å². The predicted molar refractivity (Wildman–Crippen MR) is 102 cm³/mol. The van der Waals surface area contributed by atoms with Gasteiger partial charge in [0.05, 0.1) is 11.3 Å². The average Bonchev–Trinajstić information content (AvgIpc) is 2.66. The van der Waals surface area contributed by atoms with Crippen molar-refractivity contribution < 1.29 is 18.0 Å². The number of sulfonamides is 1. The molecule has 0 spiro atoms. The highest BCUT2D eigenvalue weighted by molar-refractivity contribution is 7.89. The van der Waals surface area contributed by atoms with E-state index in [1.807, 2.05) is 18.2 Å². The number of nitrogens with one attached hydrogen (secondary N) is 2. The standard InChI is InChI=1S/C19H23N3O4S/c1-14(2)22(3)27(25,26)17-11-7-10-16(13-17)19(24)21-20-18(23)12-15-8-5-4-6-9-15/h4-11,13-14H,12H2,1-3H3,(H,20,23)(H,21,24). The number of nitrogens with zero attached hydrogens (tertiary/aromatic N) is 1. The Labute approximate surface area is 159 Å². The molecule has 0 fully saturated rings. The first kappa shape index (κ1) is 20.6. The third-order valence-corrected chi connectivity index (χ3v) is 6.05. The maximum atomic E-state index is 12.5. The van der Waals surface area contributed by atoms with Gasteiger partial charge < -0.3 is 0 Å². The average molecular weight is 389 g/mol. The molecule has 0 atom stereocenters. The van der Waals surface area contributed by atoms with E-state index in [0.717, 1.165) is 5.56 Å². The summed E-state index contributed by atoms with van der Waals surface area (Å²) in [4.78, 5) is 24.2. The first-order valence-corrected chi connectivity index (χ1v) is 9.87. The summed E-state index contributed by atoms with van der Waals surface area (Å²) < 4.78 is 26.3. The van der Waals surface area contributed by atoms with Crippen LogP contribution in [0, 0.1) is 0 Å². The minimum Gasteiger partial charge on any atom is -0.273 e. The molecule has 0 radical (unpaired) electrons. The Morgan fingerprint density at radius 1 is 1.00 bits per heavy atom. The van der Waals surface area contributed by atoms with Gasteiger partial charge in [-0.3, -0.25) is 20.4 Å². The quantitative estimate of drug-likeness (QED) is 0.736. The zero-order valence-electron chi connectivity index (χ0n) is 15.5. The van der Waals surface area contributed by atoms with Crippen molar-refractivity contribution in [2.24, 2.45) is 0 Å². The molecule has 2 amide bonds. The van der Waals surface area contributed by atoms with Gasteiger partial charge in [-0.1, -0.05) is 36.4 Å². The largest absolute Gasteiger partial charge is 0.273 e. The van der Waals surface area contributed by atoms with Crippen molar-refractivity contribution >= 4 is 21.8 Å². The van der Waals surface area contributed by atoms with Gasteiger partial charge in [0.2, 0.25) is 15.9 Å². The van der Waals surface area contributed by atoms with E-state index in [-0.39, 0.29) is 28.8 Å². The summed E-state index contributed by atoms with van der Waals surface area (Å²) in [6.07, 6.45) is 0.120. The van der Waals surface area contributed by atoms with Gasteiger partial charge >= 0.3 is 0 Å². The summed E-state index contributed by atoms with van der Waals surface area (Å²) in [5, 5.41) is 0. The van der Waals surface area contributed by atoms with Crippen LogP contribution in [0.1, 0.15) is 29.8 Å². The van der Waals surface area contributed by atoms with Crippen LogP contribution >= 0.6 is 0 Å². The second-order valence-corrected chi connectivity index (χ2v) is 8.31. The zero-order valence-corrected chi connectivity index (χ0v) is 16.3. The summed E-state index contributed by atoms with van der Waals surface area (Å²) in [6.45, 7) is 3.52. The van der Waals surface area contributed by atoms with Crippen LogP contribution in [0.4, 0.5) is 0 Å². The summed E-state index contributed by atoms with van der Waals surface area (Å²) in [5.41, 5.74) is 5.58. The highest BCUT2D eigenvalue weighted by Gasteiger charge is 2.24. The van der Waals surface area contributed by atoms with E-state index < -0.39 is 15.9 Å². The van der Waals surface area contributed by atoms with Gasteiger partial charge in [0.15, 0.2) is 0 Å². The van der Waals surface area contributed by atoms with Gasteiger partial charge in [-0.05, 0) is 37.6 Å². The normalized spacial score (nSPS) is 11.4. The number of hydrogen-bond donors (Lipinski definition) is 2. The Hall–Kier alpha value is -2.71. The predicted octanol–water partition coefficient (Wildman–Crippen LogP) is 1.72. The summed E-state index contributed by atoms with van der Waals surface area (Å²) >= 11 is 0. The molecule has 0 aliphatic heterocycles. The molecule has 27 heavy (non-hydrogen) atoms. The van der Waals surface area contributed by atoms with E-state index in [1.54, 1.807) is 26.0 Å². The van der Waals surface area contributed by atoms with Crippen LogP contribution in [0.15, 0.2) is 59.5 Å². The Morgan fingerprint density at radius 3 is 2.30 bits per heavy atom. The highest BCUT2D eigenvalue weighted by Crippen LogP contribution is 2.17. The minimum absolute atomic E-state index is 0.0157. The molecule has 0 aliphatic carbocycles. The smallest absolute Gasteiger partial charge is 0.269 e. The van der Waals surface area contributed by atoms with Crippen LogP contribution in [0.2, 0.25) is 0 Å². The molecule has 2 aromatic rings. The number of rotatable bonds is 6. The van der Waals surface area contributed by atoms with Crippen molar-refractivity contribution in [3.05, 3.63) is 65.7 Å². The monoisotopic (exact) mass is 389 g/mol. The molecular weight excluding hydrogens is 366 g/mol. The molecule has 2 rings (SSSR count). The third-order valence-electron chi connectivity index (χ3n) is 4.02. The van der Waals surface area contributed by atoms with Gasteiger partial charge in [0, 0.05) is 18.7 Å². The van der Waals surface area contributed by atoms with E-state index in [9.17, 15) is 18.0 Å². The van der Waals surface area contributed by atoms with Gasteiger partial charge in [0.25, 0.3) is 5.91 Å². The van der Waals surface area contributed by atoms with Gasteiger partial charge in [-0.25, -0.2) is 8.42 Å². The molecule has 144 valence electrons. The Bertz CT molecular complexity index is 912. The molecule has 2 aromatic carbocycles. The number of hydrogen-bond acceptors (Lipinski definition) is 4. The van der Waals surface area contributed by atoms with E-state index in [1.165, 1.54) is 35.6 Å². The molecule has 0 unspecified atom stereocenters. The van der Waals surface area contributed by atoms with E-state index in [2.05, 4.69) is 10.9 Å². The summed E-state index contributed by atoms with van der Waals surface area (Å²) in [6, 6.07) is 14.6. The fourth-order valence-electron chi connectivity index (χ4n) is 2.27. The first-order valence-electron chi connectivity index (χ1n) is 8.43. The van der Waals surface area contributed by atoms with Crippen LogP contribution in [0.3, 0.4) is 0 Å². The van der Waals surface area contributed by atoms with E-state index in [4.69, 9.17) is 0 Å². The fraction of sp³-hybridized carbons (Fsp3) is 0.263. The number of amides is 2. The SMILES string of the molecule is CC(C)N(C)S(=O)(=O)c1cccc(C(=O)NNC(=O)Cc2ccccc2)c1. The molecule has 2 N–H and O–H groups in total. The zero-order chi connectivity index (χ0) is 20.0. The lowest BCUT2D eigenvalue weighted by molar-refractivity contribution is -0.121. The maximum Gasteiger partial charge on any atom is 0.269 e. The lowest BCUT2D eigenvalue weighted by Gasteiger charge is -2.21. The topological polar surface area (TPSA) is 95.6 Å². The Morgan fingerprint density at radius 2 is 1.67 bits per heavy atom. The molecule has 0 aromatic heterocycles. The van der Waals surface area contributed by atoms with Crippen LogP contribution in [0.5, 0.6) is 0 Å². The van der Waals surface area contributed by atoms with Crippen LogP contribution in [-0.4, -0.2) is 37.6 Å². The first-order chi connectivity index (χ1) is 12.7. The minimum atomic E-state index is -3.70. The van der Waals surface area contributed by atoms with Crippen molar-refractivity contribution in [3.8, 4) is 0 Å². The summed E-state index contributed by atoms with van der Waals surface area (Å²) in [5.74, 6) is -0.974. The maximum absolute atomic E-state index is 12.5. The van der Waals surface area contributed by atoms with Gasteiger partial charge in [0.1, 0.15) is 0 Å². The van der Waals surface area contributed by atoms with Gasteiger partial charge in [-0.15, -0.1) is 0 Å². The molecule has 0 saturated heterocycles. The number of hydrazine groups is 1. The highest BCUT2D eigenvalue weighted by atomic mass is 32.2. The van der Waals surface area contributed by atoms with Crippen molar-refractivity contribution in [1.82, 2.24) is 15.2 Å². The molecule has 8 heteroatoms. The molecule has 7 nitrogen and oxygen atoms in total. The Kier molecular flexibility index (Phi) is 6.70. The number of carbonyl (C=O) groups is 2. The lowest BCUT2D eigenvalue weighted by atomic mass is 10.1. The molecular formula is C19H23N3O4S. The van der Waals surface area contributed by atoms with Crippen LogP contribution in [-0.2, 0) is 21.2 Å². The molecule has 0 saturated carbocycles. The fourth-order valence-corrected chi connectivity index (χ4v) is 3.68.